The van der Waals surface area contributed by atoms with E-state index in [0.29, 0.717) is 13.0 Å². The molecule has 3 unspecified atom stereocenters. The summed E-state index contributed by atoms with van der Waals surface area (Å²) in [6.45, 7) is 8.66. The van der Waals surface area contributed by atoms with Gasteiger partial charge >= 0.3 is 0 Å². The molecule has 1 saturated carbocycles. The monoisotopic (exact) mass is 384 g/mol. The fraction of sp³-hybridized carbons (Fsp3) is 0.650. The molecule has 1 amide bonds. The van der Waals surface area contributed by atoms with Gasteiger partial charge in [-0.1, -0.05) is 26.0 Å². The molecule has 1 aliphatic rings. The van der Waals surface area contributed by atoms with Gasteiger partial charge in [-0.15, -0.1) is 12.4 Å². The van der Waals surface area contributed by atoms with Crippen LogP contribution in [0.15, 0.2) is 24.3 Å². The van der Waals surface area contributed by atoms with E-state index in [9.17, 15) is 4.79 Å². The van der Waals surface area contributed by atoms with E-state index in [0.717, 1.165) is 18.6 Å². The summed E-state index contributed by atoms with van der Waals surface area (Å²) in [5, 5.41) is 3.09. The number of rotatable bonds is 8. The number of halogens is 1. The quantitative estimate of drug-likeness (QED) is 0.722. The predicted octanol–water partition coefficient (Wildman–Crippen LogP) is 3.09. The van der Waals surface area contributed by atoms with Crippen molar-refractivity contribution < 1.29 is 14.3 Å². The van der Waals surface area contributed by atoms with Gasteiger partial charge in [0.15, 0.2) is 0 Å². The van der Waals surface area contributed by atoms with Crippen LogP contribution >= 0.6 is 12.4 Å². The first kappa shape index (κ1) is 22.7. The molecule has 148 valence electrons. The average Bonchev–Trinajstić information content (AvgIpc) is 2.59. The molecule has 1 fully saturated rings. The number of carbonyl (C=O) groups excluding carboxylic acids is 1. The average molecular weight is 385 g/mol. The van der Waals surface area contributed by atoms with Crippen molar-refractivity contribution in [3.63, 3.8) is 0 Å². The molecule has 0 saturated heterocycles. The summed E-state index contributed by atoms with van der Waals surface area (Å²) >= 11 is 0. The van der Waals surface area contributed by atoms with E-state index in [1.54, 1.807) is 7.11 Å². The van der Waals surface area contributed by atoms with Crippen molar-refractivity contribution in [3.05, 3.63) is 29.8 Å². The number of carbonyl (C=O) groups is 1. The molecule has 0 heterocycles. The molecule has 1 aromatic rings. The zero-order valence-corrected chi connectivity index (χ0v) is 17.3. The van der Waals surface area contributed by atoms with Gasteiger partial charge in [0.05, 0.1) is 13.2 Å². The van der Waals surface area contributed by atoms with Crippen molar-refractivity contribution in [2.75, 3.05) is 13.7 Å². The van der Waals surface area contributed by atoms with E-state index in [2.05, 4.69) is 17.4 Å². The van der Waals surface area contributed by atoms with Gasteiger partial charge in [0, 0.05) is 24.5 Å². The van der Waals surface area contributed by atoms with Crippen LogP contribution in [-0.4, -0.2) is 37.3 Å². The summed E-state index contributed by atoms with van der Waals surface area (Å²) in [5.41, 5.74) is 6.43. The van der Waals surface area contributed by atoms with Gasteiger partial charge in [0.1, 0.15) is 11.3 Å². The lowest BCUT2D eigenvalue weighted by atomic mass is 9.54. The molecular formula is C20H33ClN2O3. The minimum atomic E-state index is -0.860. The summed E-state index contributed by atoms with van der Waals surface area (Å²) in [4.78, 5) is 12.7. The van der Waals surface area contributed by atoms with Crippen LogP contribution < -0.4 is 15.8 Å². The van der Waals surface area contributed by atoms with Gasteiger partial charge in [-0.05, 0) is 44.4 Å². The number of benzene rings is 1. The van der Waals surface area contributed by atoms with E-state index < -0.39 is 5.54 Å². The smallest absolute Gasteiger partial charge is 0.241 e. The second kappa shape index (κ2) is 9.07. The third-order valence-electron chi connectivity index (χ3n) is 5.64. The fourth-order valence-corrected chi connectivity index (χ4v) is 3.42. The van der Waals surface area contributed by atoms with Crippen molar-refractivity contribution in [3.8, 4) is 5.75 Å². The molecule has 0 radical (unpaired) electrons. The van der Waals surface area contributed by atoms with Crippen molar-refractivity contribution in [2.45, 2.75) is 64.6 Å². The van der Waals surface area contributed by atoms with Gasteiger partial charge in [-0.2, -0.15) is 0 Å². The molecule has 6 heteroatoms. The number of aryl methyl sites for hydroxylation is 1. The third kappa shape index (κ3) is 4.51. The summed E-state index contributed by atoms with van der Waals surface area (Å²) in [7, 11) is 1.66. The molecule has 0 aromatic heterocycles. The van der Waals surface area contributed by atoms with Crippen LogP contribution in [0.2, 0.25) is 0 Å². The molecule has 3 N–H and O–H groups in total. The Hall–Kier alpha value is -1.30. The summed E-state index contributed by atoms with van der Waals surface area (Å²) < 4.78 is 10.9. The number of amides is 1. The molecule has 0 aliphatic heterocycles. The van der Waals surface area contributed by atoms with E-state index in [1.165, 1.54) is 5.56 Å². The van der Waals surface area contributed by atoms with Gasteiger partial charge < -0.3 is 20.5 Å². The lowest BCUT2D eigenvalue weighted by Gasteiger charge is -2.57. The summed E-state index contributed by atoms with van der Waals surface area (Å²) in [6.07, 6.45) is 2.38. The standard InChI is InChI=1S/C20H32N2O3.ClH/c1-6-25-17-13-20(21,19(17,3)4)18(23)22-14(2)7-8-15-9-11-16(24-5)12-10-15;/h9-12,14,17H,6-8,13,21H2,1-5H3,(H,22,23);1H. The second-order valence-electron chi connectivity index (χ2n) is 7.60. The molecular weight excluding hydrogens is 352 g/mol. The van der Waals surface area contributed by atoms with Gasteiger partial charge in [0.25, 0.3) is 0 Å². The van der Waals surface area contributed by atoms with Gasteiger partial charge in [-0.3, -0.25) is 4.79 Å². The normalized spacial score (nSPS) is 24.8. The molecule has 3 atom stereocenters. The lowest BCUT2D eigenvalue weighted by molar-refractivity contribution is -0.171. The molecule has 5 nitrogen and oxygen atoms in total. The Morgan fingerprint density at radius 3 is 2.46 bits per heavy atom. The first-order valence-corrected chi connectivity index (χ1v) is 9.09. The SMILES string of the molecule is CCOC1CC(N)(C(=O)NC(C)CCc2ccc(OC)cc2)C1(C)C.Cl. The zero-order valence-electron chi connectivity index (χ0n) is 16.5. The first-order valence-electron chi connectivity index (χ1n) is 9.09. The highest BCUT2D eigenvalue weighted by Crippen LogP contribution is 2.49. The lowest BCUT2D eigenvalue weighted by Crippen LogP contribution is -2.76. The van der Waals surface area contributed by atoms with Crippen molar-refractivity contribution in [2.24, 2.45) is 11.1 Å². The van der Waals surface area contributed by atoms with Crippen LogP contribution in [0.1, 0.15) is 46.1 Å². The Labute approximate surface area is 163 Å². The summed E-state index contributed by atoms with van der Waals surface area (Å²) in [6, 6.07) is 8.09. The Balaban J connectivity index is 0.00000338. The van der Waals surface area contributed by atoms with E-state index in [1.807, 2.05) is 39.8 Å². The van der Waals surface area contributed by atoms with E-state index in [4.69, 9.17) is 15.2 Å². The topological polar surface area (TPSA) is 73.6 Å². The Morgan fingerprint density at radius 2 is 1.96 bits per heavy atom. The zero-order chi connectivity index (χ0) is 18.7. The number of nitrogens with two attached hydrogens (primary N) is 1. The molecule has 0 spiro atoms. The highest BCUT2D eigenvalue weighted by molar-refractivity contribution is 5.89. The van der Waals surface area contributed by atoms with Crippen molar-refractivity contribution >= 4 is 18.3 Å². The maximum Gasteiger partial charge on any atom is 0.241 e. The number of ether oxygens (including phenoxy) is 2. The minimum Gasteiger partial charge on any atom is -0.497 e. The molecule has 26 heavy (non-hydrogen) atoms. The molecule has 1 aliphatic carbocycles. The Kier molecular flexibility index (Phi) is 7.93. The Morgan fingerprint density at radius 1 is 1.35 bits per heavy atom. The Bertz CT molecular complexity index is 591. The van der Waals surface area contributed by atoms with Gasteiger partial charge in [-0.25, -0.2) is 0 Å². The summed E-state index contributed by atoms with van der Waals surface area (Å²) in [5.74, 6) is 0.780. The van der Waals surface area contributed by atoms with Crippen LogP contribution in [-0.2, 0) is 16.0 Å². The number of methoxy groups -OCH3 is 1. The second-order valence-corrected chi connectivity index (χ2v) is 7.60. The highest BCUT2D eigenvalue weighted by atomic mass is 35.5. The highest BCUT2D eigenvalue weighted by Gasteiger charge is 2.62. The van der Waals surface area contributed by atoms with Crippen LogP contribution in [0.25, 0.3) is 0 Å². The predicted molar refractivity (Wildman–Crippen MR) is 107 cm³/mol. The van der Waals surface area contributed by atoms with E-state index >= 15 is 0 Å². The van der Waals surface area contributed by atoms with Crippen molar-refractivity contribution in [1.82, 2.24) is 5.32 Å². The van der Waals surface area contributed by atoms with Crippen LogP contribution in [0, 0.1) is 5.41 Å². The van der Waals surface area contributed by atoms with Crippen molar-refractivity contribution in [1.29, 1.82) is 0 Å². The van der Waals surface area contributed by atoms with E-state index in [-0.39, 0.29) is 35.9 Å². The van der Waals surface area contributed by atoms with Gasteiger partial charge in [0.2, 0.25) is 5.91 Å². The fourth-order valence-electron chi connectivity index (χ4n) is 3.42. The maximum atomic E-state index is 12.7. The number of hydrogen-bond donors (Lipinski definition) is 2. The van der Waals surface area contributed by atoms with Crippen LogP contribution in [0.4, 0.5) is 0 Å². The number of nitrogens with one attached hydrogen (secondary N) is 1. The third-order valence-corrected chi connectivity index (χ3v) is 5.64. The maximum absolute atomic E-state index is 12.7. The van der Waals surface area contributed by atoms with Crippen LogP contribution in [0.5, 0.6) is 5.75 Å². The largest absolute Gasteiger partial charge is 0.497 e. The van der Waals surface area contributed by atoms with Crippen LogP contribution in [0.3, 0.4) is 0 Å². The first-order chi connectivity index (χ1) is 11.7. The molecule has 1 aromatic carbocycles. The minimum absolute atomic E-state index is 0. The number of hydrogen-bond acceptors (Lipinski definition) is 4. The molecule has 2 rings (SSSR count). The molecule has 0 bridgehead atoms.